The maximum atomic E-state index is 9.10. The highest BCUT2D eigenvalue weighted by Crippen LogP contribution is 2.21. The summed E-state index contributed by atoms with van der Waals surface area (Å²) in [5.74, 6) is 1.16. The summed E-state index contributed by atoms with van der Waals surface area (Å²) in [6.07, 6.45) is 0. The van der Waals surface area contributed by atoms with Gasteiger partial charge in [0.1, 0.15) is 5.82 Å². The van der Waals surface area contributed by atoms with Crippen LogP contribution >= 0.6 is 0 Å². The molecule has 1 heterocycles. The molecule has 0 aliphatic carbocycles. The van der Waals surface area contributed by atoms with E-state index in [9.17, 15) is 0 Å². The van der Waals surface area contributed by atoms with Gasteiger partial charge in [0.15, 0.2) is 0 Å². The zero-order valence-corrected chi connectivity index (χ0v) is 9.43. The van der Waals surface area contributed by atoms with Gasteiger partial charge in [-0.25, -0.2) is 4.98 Å². The second kappa shape index (κ2) is 4.63. The molecule has 0 fully saturated rings. The van der Waals surface area contributed by atoms with Crippen molar-refractivity contribution in [2.45, 2.75) is 19.4 Å². The average Bonchev–Trinajstić information content (AvgIpc) is 2.68. The topological polar surface area (TPSA) is 64.1 Å². The van der Waals surface area contributed by atoms with Crippen LogP contribution in [0.2, 0.25) is 0 Å². The Morgan fingerprint density at radius 3 is 2.88 bits per heavy atom. The number of aliphatic hydroxyl groups excluding tert-OH is 1. The molecule has 0 radical (unpaired) electrons. The van der Waals surface area contributed by atoms with Crippen molar-refractivity contribution >= 4 is 11.0 Å². The van der Waals surface area contributed by atoms with Gasteiger partial charge in [-0.15, -0.1) is 0 Å². The van der Waals surface area contributed by atoms with E-state index in [1.54, 1.807) is 0 Å². The number of aliphatic hydroxyl groups is 1. The minimum Gasteiger partial charge on any atom is -0.395 e. The normalized spacial score (nSPS) is 13.2. The fourth-order valence-corrected chi connectivity index (χ4v) is 1.91. The van der Waals surface area contributed by atoms with E-state index < -0.39 is 0 Å². The average molecular weight is 219 g/mol. The van der Waals surface area contributed by atoms with Crippen LogP contribution in [-0.2, 0) is 6.54 Å². The van der Waals surface area contributed by atoms with E-state index in [4.69, 9.17) is 10.8 Å². The fourth-order valence-electron chi connectivity index (χ4n) is 1.91. The van der Waals surface area contributed by atoms with Gasteiger partial charge in [-0.2, -0.15) is 0 Å². The molecule has 0 bridgehead atoms. The summed E-state index contributed by atoms with van der Waals surface area (Å²) in [6, 6.07) is 7.95. The van der Waals surface area contributed by atoms with Gasteiger partial charge in [-0.05, 0) is 12.1 Å². The Balaban J connectivity index is 2.58. The van der Waals surface area contributed by atoms with Gasteiger partial charge in [0, 0.05) is 19.0 Å². The van der Waals surface area contributed by atoms with Gasteiger partial charge in [0.05, 0.1) is 17.6 Å². The van der Waals surface area contributed by atoms with Crippen LogP contribution in [0, 0.1) is 0 Å². The van der Waals surface area contributed by atoms with Crippen LogP contribution in [0.1, 0.15) is 18.7 Å². The summed E-state index contributed by atoms with van der Waals surface area (Å²) in [5.41, 5.74) is 7.70. The summed E-state index contributed by atoms with van der Waals surface area (Å²) in [5, 5.41) is 9.10. The number of nitrogens with two attached hydrogens (primary N) is 1. The summed E-state index contributed by atoms with van der Waals surface area (Å²) in [4.78, 5) is 4.57. The molecule has 3 N–H and O–H groups in total. The zero-order valence-electron chi connectivity index (χ0n) is 9.43. The Bertz CT molecular complexity index is 478. The predicted molar refractivity (Wildman–Crippen MR) is 64.3 cm³/mol. The molecule has 0 spiro atoms. The largest absolute Gasteiger partial charge is 0.395 e. The molecule has 0 saturated carbocycles. The Hall–Kier alpha value is -1.39. The number of rotatable bonds is 4. The smallest absolute Gasteiger partial charge is 0.114 e. The number of aromatic nitrogens is 2. The van der Waals surface area contributed by atoms with Crippen molar-refractivity contribution in [2.75, 3.05) is 13.2 Å². The molecule has 0 aliphatic rings. The second-order valence-corrected chi connectivity index (χ2v) is 3.97. The van der Waals surface area contributed by atoms with Crippen LogP contribution in [0.25, 0.3) is 11.0 Å². The second-order valence-electron chi connectivity index (χ2n) is 3.97. The predicted octanol–water partition coefficient (Wildman–Crippen LogP) is 1.09. The molecule has 4 nitrogen and oxygen atoms in total. The van der Waals surface area contributed by atoms with E-state index in [0.29, 0.717) is 13.1 Å². The molecule has 1 aromatic heterocycles. The molecule has 1 unspecified atom stereocenters. The number of hydrogen-bond donors (Lipinski definition) is 2. The number of nitrogens with zero attached hydrogens (tertiary/aromatic N) is 2. The van der Waals surface area contributed by atoms with E-state index in [-0.39, 0.29) is 12.5 Å². The zero-order chi connectivity index (χ0) is 11.5. The van der Waals surface area contributed by atoms with Crippen molar-refractivity contribution in [1.82, 2.24) is 9.55 Å². The molecule has 0 amide bonds. The summed E-state index contributed by atoms with van der Waals surface area (Å²) >= 11 is 0. The van der Waals surface area contributed by atoms with Crippen LogP contribution in [0.4, 0.5) is 0 Å². The maximum absolute atomic E-state index is 9.10. The number of para-hydroxylation sites is 2. The van der Waals surface area contributed by atoms with E-state index in [2.05, 4.69) is 11.9 Å². The third kappa shape index (κ3) is 1.81. The first kappa shape index (κ1) is 11.1. The molecule has 2 aromatic rings. The Kier molecular flexibility index (Phi) is 3.22. The van der Waals surface area contributed by atoms with Crippen LogP contribution in [0.3, 0.4) is 0 Å². The van der Waals surface area contributed by atoms with E-state index in [1.165, 1.54) is 0 Å². The fraction of sp³-hybridized carbons (Fsp3) is 0.417. The minimum absolute atomic E-state index is 0.116. The molecule has 1 aromatic carbocycles. The van der Waals surface area contributed by atoms with Gasteiger partial charge in [0.25, 0.3) is 0 Å². The van der Waals surface area contributed by atoms with Crippen molar-refractivity contribution in [3.63, 3.8) is 0 Å². The molecule has 16 heavy (non-hydrogen) atoms. The van der Waals surface area contributed by atoms with Crippen molar-refractivity contribution in [2.24, 2.45) is 5.73 Å². The van der Waals surface area contributed by atoms with Crippen molar-refractivity contribution in [3.05, 3.63) is 30.1 Å². The summed E-state index contributed by atoms with van der Waals surface area (Å²) in [7, 11) is 0. The first-order chi connectivity index (χ1) is 7.77. The van der Waals surface area contributed by atoms with Crippen molar-refractivity contribution < 1.29 is 5.11 Å². The molecular weight excluding hydrogens is 202 g/mol. The summed E-state index contributed by atoms with van der Waals surface area (Å²) < 4.78 is 2.05. The van der Waals surface area contributed by atoms with Crippen LogP contribution in [0.15, 0.2) is 24.3 Å². The highest BCUT2D eigenvalue weighted by atomic mass is 16.3. The molecular formula is C12H17N3O. The standard InChI is InChI=1S/C12H17N3O/c1-9(8-13)12-14-10-4-2-3-5-11(10)15(12)6-7-16/h2-5,9,16H,6-8,13H2,1H3. The monoisotopic (exact) mass is 219 g/mol. The highest BCUT2D eigenvalue weighted by Gasteiger charge is 2.14. The Morgan fingerprint density at radius 2 is 2.19 bits per heavy atom. The number of imidazole rings is 1. The Labute approximate surface area is 94.7 Å². The number of benzene rings is 1. The van der Waals surface area contributed by atoms with Crippen molar-refractivity contribution in [3.8, 4) is 0 Å². The van der Waals surface area contributed by atoms with E-state index in [0.717, 1.165) is 16.9 Å². The molecule has 1 atom stereocenters. The first-order valence-electron chi connectivity index (χ1n) is 5.54. The van der Waals surface area contributed by atoms with E-state index >= 15 is 0 Å². The van der Waals surface area contributed by atoms with Gasteiger partial charge >= 0.3 is 0 Å². The molecule has 86 valence electrons. The van der Waals surface area contributed by atoms with Gasteiger partial charge in [0.2, 0.25) is 0 Å². The molecule has 0 saturated heterocycles. The lowest BCUT2D eigenvalue weighted by Crippen LogP contribution is -2.16. The van der Waals surface area contributed by atoms with Gasteiger partial charge in [-0.1, -0.05) is 19.1 Å². The van der Waals surface area contributed by atoms with Crippen LogP contribution in [0.5, 0.6) is 0 Å². The SMILES string of the molecule is CC(CN)c1nc2ccccc2n1CCO. The minimum atomic E-state index is 0.116. The van der Waals surface area contributed by atoms with Crippen molar-refractivity contribution in [1.29, 1.82) is 0 Å². The number of hydrogen-bond acceptors (Lipinski definition) is 3. The Morgan fingerprint density at radius 1 is 1.44 bits per heavy atom. The first-order valence-corrected chi connectivity index (χ1v) is 5.54. The van der Waals surface area contributed by atoms with Crippen LogP contribution in [-0.4, -0.2) is 27.8 Å². The van der Waals surface area contributed by atoms with E-state index in [1.807, 2.05) is 28.8 Å². The lowest BCUT2D eigenvalue weighted by molar-refractivity contribution is 0.275. The maximum Gasteiger partial charge on any atom is 0.114 e. The third-order valence-electron chi connectivity index (χ3n) is 2.80. The summed E-state index contributed by atoms with van der Waals surface area (Å²) in [6.45, 7) is 3.30. The lowest BCUT2D eigenvalue weighted by atomic mass is 10.2. The van der Waals surface area contributed by atoms with Crippen LogP contribution < -0.4 is 5.73 Å². The van der Waals surface area contributed by atoms with Gasteiger partial charge < -0.3 is 15.4 Å². The molecule has 2 rings (SSSR count). The quantitative estimate of drug-likeness (QED) is 0.809. The number of fused-ring (bicyclic) bond motifs is 1. The highest BCUT2D eigenvalue weighted by molar-refractivity contribution is 5.76. The lowest BCUT2D eigenvalue weighted by Gasteiger charge is -2.11. The van der Waals surface area contributed by atoms with Gasteiger partial charge in [-0.3, -0.25) is 0 Å². The molecule has 0 aliphatic heterocycles. The third-order valence-corrected chi connectivity index (χ3v) is 2.80. The molecule has 4 heteroatoms.